The van der Waals surface area contributed by atoms with Crippen LogP contribution in [-0.4, -0.2) is 15.9 Å². The molecule has 0 aliphatic rings. The summed E-state index contributed by atoms with van der Waals surface area (Å²) < 4.78 is 1.33. The number of hydrogen-bond acceptors (Lipinski definition) is 3. The van der Waals surface area contributed by atoms with Crippen LogP contribution in [0, 0.1) is 0 Å². The first kappa shape index (κ1) is 15.1. The predicted octanol–water partition coefficient (Wildman–Crippen LogP) is 3.49. The van der Waals surface area contributed by atoms with E-state index in [0.717, 1.165) is 5.56 Å². The normalized spacial score (nSPS) is 10.1. The molecule has 0 aliphatic heterocycles. The molecule has 1 aromatic carbocycles. The van der Waals surface area contributed by atoms with Crippen LogP contribution in [0.5, 0.6) is 0 Å². The van der Waals surface area contributed by atoms with Gasteiger partial charge in [-0.15, -0.1) is 0 Å². The Hall–Kier alpha value is -1.31. The number of nitrogens with one attached hydrogen (secondary N) is 1. The van der Waals surface area contributed by atoms with Gasteiger partial charge < -0.3 is 11.1 Å². The van der Waals surface area contributed by atoms with Crippen molar-refractivity contribution < 1.29 is 4.79 Å². The highest BCUT2D eigenvalue weighted by atomic mass is 79.9. The van der Waals surface area contributed by atoms with E-state index >= 15 is 0 Å². The molecule has 7 heteroatoms. The second-order valence-electron chi connectivity index (χ2n) is 3.85. The van der Waals surface area contributed by atoms with E-state index in [1.165, 1.54) is 0 Å². The maximum absolute atomic E-state index is 12.1. The maximum Gasteiger partial charge on any atom is 0.275 e. The largest absolute Gasteiger partial charge is 0.389 e. The number of nitrogens with two attached hydrogens (primary N) is 1. The summed E-state index contributed by atoms with van der Waals surface area (Å²) in [6, 6.07) is 8.73. The van der Waals surface area contributed by atoms with Gasteiger partial charge in [0.1, 0.15) is 10.7 Å². The molecule has 102 valence electrons. The topological polar surface area (TPSA) is 68.0 Å². The Morgan fingerprint density at radius 3 is 2.60 bits per heavy atom. The van der Waals surface area contributed by atoms with Crippen molar-refractivity contribution in [2.45, 2.75) is 0 Å². The van der Waals surface area contributed by atoms with E-state index in [9.17, 15) is 4.79 Å². The van der Waals surface area contributed by atoms with Gasteiger partial charge in [0.2, 0.25) is 0 Å². The van der Waals surface area contributed by atoms with Crippen LogP contribution in [0.2, 0.25) is 0 Å². The maximum atomic E-state index is 12.1. The van der Waals surface area contributed by atoms with Gasteiger partial charge in [-0.05, 0) is 62.2 Å². The molecule has 0 saturated heterocycles. The number of nitrogens with zero attached hydrogens (tertiary/aromatic N) is 1. The van der Waals surface area contributed by atoms with Crippen molar-refractivity contribution in [1.82, 2.24) is 4.98 Å². The number of thiocarbonyl (C=S) groups is 1. The van der Waals surface area contributed by atoms with Gasteiger partial charge in [0.25, 0.3) is 5.91 Å². The van der Waals surface area contributed by atoms with Crippen molar-refractivity contribution in [1.29, 1.82) is 0 Å². The molecule has 1 aromatic heterocycles. The fraction of sp³-hybridized carbons (Fsp3) is 0. The molecule has 20 heavy (non-hydrogen) atoms. The second kappa shape index (κ2) is 6.43. The van der Waals surface area contributed by atoms with Gasteiger partial charge in [-0.3, -0.25) is 4.79 Å². The zero-order valence-electron chi connectivity index (χ0n) is 10.1. The molecule has 0 saturated carbocycles. The minimum absolute atomic E-state index is 0.302. The zero-order valence-corrected chi connectivity index (χ0v) is 14.0. The van der Waals surface area contributed by atoms with Gasteiger partial charge in [0, 0.05) is 20.7 Å². The van der Waals surface area contributed by atoms with Gasteiger partial charge >= 0.3 is 0 Å². The molecule has 2 rings (SSSR count). The number of pyridine rings is 1. The number of rotatable bonds is 3. The van der Waals surface area contributed by atoms with Gasteiger partial charge in [-0.1, -0.05) is 12.2 Å². The molecular weight excluding hydrogens is 406 g/mol. The highest BCUT2D eigenvalue weighted by Gasteiger charge is 2.13. The summed E-state index contributed by atoms with van der Waals surface area (Å²) in [5, 5.41) is 2.77. The Morgan fingerprint density at radius 1 is 1.25 bits per heavy atom. The summed E-state index contributed by atoms with van der Waals surface area (Å²) in [4.78, 5) is 16.5. The first-order chi connectivity index (χ1) is 9.49. The number of amides is 1. The second-order valence-corrected chi connectivity index (χ2v) is 6.00. The van der Waals surface area contributed by atoms with Gasteiger partial charge in [-0.25, -0.2) is 4.98 Å². The van der Waals surface area contributed by atoms with Crippen molar-refractivity contribution in [3.8, 4) is 0 Å². The molecule has 0 bridgehead atoms. The summed E-state index contributed by atoms with van der Waals surface area (Å²) in [5.41, 5.74) is 7.21. The fourth-order valence-electron chi connectivity index (χ4n) is 1.50. The third-order valence-corrected chi connectivity index (χ3v) is 4.01. The van der Waals surface area contributed by atoms with Crippen molar-refractivity contribution >= 4 is 60.7 Å². The van der Waals surface area contributed by atoms with E-state index in [0.29, 0.717) is 25.3 Å². The lowest BCUT2D eigenvalue weighted by molar-refractivity contribution is 0.102. The Kier molecular flexibility index (Phi) is 4.85. The average molecular weight is 415 g/mol. The molecule has 0 spiro atoms. The summed E-state index contributed by atoms with van der Waals surface area (Å²) in [6.45, 7) is 0. The molecule has 0 fully saturated rings. The predicted molar refractivity (Wildman–Crippen MR) is 89.9 cm³/mol. The Bertz CT molecular complexity index is 691. The molecule has 0 radical (unpaired) electrons. The van der Waals surface area contributed by atoms with E-state index in [1.807, 2.05) is 0 Å². The minimum atomic E-state index is -0.304. The van der Waals surface area contributed by atoms with E-state index in [4.69, 9.17) is 18.0 Å². The molecule has 0 aliphatic carbocycles. The van der Waals surface area contributed by atoms with Gasteiger partial charge in [-0.2, -0.15) is 0 Å². The molecule has 0 unspecified atom stereocenters. The van der Waals surface area contributed by atoms with Crippen molar-refractivity contribution in [3.63, 3.8) is 0 Å². The smallest absolute Gasteiger partial charge is 0.275 e. The van der Waals surface area contributed by atoms with Crippen LogP contribution in [0.4, 0.5) is 5.69 Å². The first-order valence-corrected chi connectivity index (χ1v) is 7.49. The van der Waals surface area contributed by atoms with E-state index in [2.05, 4.69) is 42.2 Å². The SMILES string of the molecule is NC(=S)c1ccc(NC(=O)c2ncccc2Br)c(Br)c1. The highest BCUT2D eigenvalue weighted by Crippen LogP contribution is 2.25. The van der Waals surface area contributed by atoms with Crippen LogP contribution in [0.25, 0.3) is 0 Å². The van der Waals surface area contributed by atoms with Crippen LogP contribution in [-0.2, 0) is 0 Å². The summed E-state index contributed by atoms with van der Waals surface area (Å²) in [5.74, 6) is -0.304. The monoisotopic (exact) mass is 413 g/mol. The van der Waals surface area contributed by atoms with E-state index < -0.39 is 0 Å². The van der Waals surface area contributed by atoms with Crippen molar-refractivity contribution in [3.05, 3.63) is 56.7 Å². The summed E-state index contributed by atoms with van der Waals surface area (Å²) >= 11 is 11.6. The van der Waals surface area contributed by atoms with Crippen LogP contribution >= 0.6 is 44.1 Å². The third kappa shape index (κ3) is 3.41. The molecule has 3 N–H and O–H groups in total. The number of hydrogen-bond donors (Lipinski definition) is 2. The molecule has 4 nitrogen and oxygen atoms in total. The first-order valence-electron chi connectivity index (χ1n) is 5.50. The standard InChI is InChI=1S/C13H9Br2N3OS/c14-8-2-1-5-17-11(8)13(19)18-10-4-3-7(12(16)20)6-9(10)15/h1-6H,(H2,16,20)(H,18,19). The van der Waals surface area contributed by atoms with Crippen LogP contribution in [0.15, 0.2) is 45.5 Å². The highest BCUT2D eigenvalue weighted by molar-refractivity contribution is 9.11. The lowest BCUT2D eigenvalue weighted by atomic mass is 10.2. The minimum Gasteiger partial charge on any atom is -0.389 e. The Labute approximate surface area is 138 Å². The van der Waals surface area contributed by atoms with Gasteiger partial charge in [0.15, 0.2) is 0 Å². The van der Waals surface area contributed by atoms with Crippen LogP contribution in [0.1, 0.15) is 16.1 Å². The van der Waals surface area contributed by atoms with E-state index in [1.54, 1.807) is 36.5 Å². The van der Waals surface area contributed by atoms with Gasteiger partial charge in [0.05, 0.1) is 5.69 Å². The Balaban J connectivity index is 2.25. The number of benzene rings is 1. The van der Waals surface area contributed by atoms with Crippen LogP contribution in [0.3, 0.4) is 0 Å². The lowest BCUT2D eigenvalue weighted by Crippen LogP contribution is -2.15. The number of carbonyl (C=O) groups excluding carboxylic acids is 1. The average Bonchev–Trinajstić information content (AvgIpc) is 2.41. The van der Waals surface area contributed by atoms with Crippen LogP contribution < -0.4 is 11.1 Å². The van der Waals surface area contributed by atoms with E-state index in [-0.39, 0.29) is 5.91 Å². The Morgan fingerprint density at radius 2 is 2.00 bits per heavy atom. The molecule has 0 atom stereocenters. The molecule has 2 aromatic rings. The fourth-order valence-corrected chi connectivity index (χ4v) is 2.54. The molecule has 1 heterocycles. The number of carbonyl (C=O) groups is 1. The number of aromatic nitrogens is 1. The third-order valence-electron chi connectivity index (χ3n) is 2.48. The molecular formula is C13H9Br2N3OS. The summed E-state index contributed by atoms with van der Waals surface area (Å²) in [7, 11) is 0. The quantitative estimate of drug-likeness (QED) is 0.754. The summed E-state index contributed by atoms with van der Waals surface area (Å²) in [6.07, 6.45) is 1.56. The number of anilines is 1. The lowest BCUT2D eigenvalue weighted by Gasteiger charge is -2.09. The number of halogens is 2. The van der Waals surface area contributed by atoms with Crippen molar-refractivity contribution in [2.24, 2.45) is 5.73 Å². The van der Waals surface area contributed by atoms with Crippen molar-refractivity contribution in [2.75, 3.05) is 5.32 Å². The molecule has 1 amide bonds. The zero-order chi connectivity index (χ0) is 14.7.